The van der Waals surface area contributed by atoms with Crippen LogP contribution in [0.1, 0.15) is 37.3 Å². The van der Waals surface area contributed by atoms with Crippen LogP contribution in [0.2, 0.25) is 0 Å². The molecule has 1 heteroatoms. The van der Waals surface area contributed by atoms with Crippen LogP contribution < -0.4 is 0 Å². The van der Waals surface area contributed by atoms with Gasteiger partial charge >= 0.3 is 0 Å². The van der Waals surface area contributed by atoms with Crippen molar-refractivity contribution in [1.29, 1.82) is 0 Å². The average Bonchev–Trinajstić information content (AvgIpc) is 2.17. The Morgan fingerprint density at radius 3 is 2.25 bits per heavy atom. The van der Waals surface area contributed by atoms with E-state index < -0.39 is 0 Å². The quantitative estimate of drug-likeness (QED) is 0.728. The van der Waals surface area contributed by atoms with Crippen molar-refractivity contribution in [3.8, 4) is 0 Å². The molecular weight excluding hydrogens is 148 g/mol. The molecule has 0 aliphatic heterocycles. The number of hydrogen-bond acceptors (Lipinski definition) is 1. The molecular formula is C11H16O. The molecule has 1 aromatic rings. The maximum absolute atomic E-state index is 8.82. The van der Waals surface area contributed by atoms with Gasteiger partial charge in [0.15, 0.2) is 0 Å². The highest BCUT2D eigenvalue weighted by Gasteiger charge is 2.01. The maximum Gasteiger partial charge on any atom is 0.0681 e. The lowest BCUT2D eigenvalue weighted by molar-refractivity contribution is 0.282. The number of rotatable bonds is 3. The van der Waals surface area contributed by atoms with Crippen molar-refractivity contribution in [3.05, 3.63) is 35.4 Å². The van der Waals surface area contributed by atoms with Crippen LogP contribution in [0.25, 0.3) is 0 Å². The lowest BCUT2D eigenvalue weighted by Gasteiger charge is -2.08. The zero-order chi connectivity index (χ0) is 8.97. The Morgan fingerprint density at radius 1 is 1.25 bits per heavy atom. The summed E-state index contributed by atoms with van der Waals surface area (Å²) in [5, 5.41) is 8.82. The van der Waals surface area contributed by atoms with E-state index >= 15 is 0 Å². The molecule has 0 radical (unpaired) electrons. The van der Waals surface area contributed by atoms with Gasteiger partial charge in [-0.05, 0) is 23.5 Å². The first-order valence-corrected chi connectivity index (χ1v) is 4.47. The minimum atomic E-state index is 0.140. The number of hydrogen-bond donors (Lipinski definition) is 1. The van der Waals surface area contributed by atoms with E-state index in [2.05, 4.69) is 26.0 Å². The third-order valence-corrected chi connectivity index (χ3v) is 2.34. The monoisotopic (exact) mass is 164 g/mol. The molecule has 0 unspecified atom stereocenters. The SMILES string of the molecule is CC[C@H](C)c1ccc(CO)cc1. The Morgan fingerprint density at radius 2 is 1.83 bits per heavy atom. The van der Waals surface area contributed by atoms with E-state index in [9.17, 15) is 0 Å². The fourth-order valence-corrected chi connectivity index (χ4v) is 1.19. The first-order chi connectivity index (χ1) is 5.77. The Kier molecular flexibility index (Phi) is 3.30. The summed E-state index contributed by atoms with van der Waals surface area (Å²) < 4.78 is 0. The molecule has 0 spiro atoms. The van der Waals surface area contributed by atoms with Crippen molar-refractivity contribution in [3.63, 3.8) is 0 Å². The van der Waals surface area contributed by atoms with E-state index in [-0.39, 0.29) is 6.61 Å². The molecule has 66 valence electrons. The van der Waals surface area contributed by atoms with E-state index in [0.29, 0.717) is 5.92 Å². The van der Waals surface area contributed by atoms with Gasteiger partial charge in [0.05, 0.1) is 6.61 Å². The summed E-state index contributed by atoms with van der Waals surface area (Å²) in [6, 6.07) is 8.17. The summed E-state index contributed by atoms with van der Waals surface area (Å²) in [5.74, 6) is 0.623. The van der Waals surface area contributed by atoms with Crippen molar-refractivity contribution in [2.24, 2.45) is 0 Å². The van der Waals surface area contributed by atoms with Crippen LogP contribution in [0.4, 0.5) is 0 Å². The van der Waals surface area contributed by atoms with Crippen LogP contribution in [0, 0.1) is 0 Å². The molecule has 1 N–H and O–H groups in total. The van der Waals surface area contributed by atoms with Crippen molar-refractivity contribution in [2.45, 2.75) is 32.8 Å². The second-order valence-corrected chi connectivity index (χ2v) is 3.21. The number of aliphatic hydroxyl groups excluding tert-OH is 1. The first-order valence-electron chi connectivity index (χ1n) is 4.47. The number of benzene rings is 1. The number of aliphatic hydroxyl groups is 1. The third kappa shape index (κ3) is 2.08. The fourth-order valence-electron chi connectivity index (χ4n) is 1.19. The highest BCUT2D eigenvalue weighted by molar-refractivity contribution is 5.24. The molecule has 1 rings (SSSR count). The summed E-state index contributed by atoms with van der Waals surface area (Å²) in [6.07, 6.45) is 1.17. The summed E-state index contributed by atoms with van der Waals surface area (Å²) in [7, 11) is 0. The zero-order valence-electron chi connectivity index (χ0n) is 7.75. The summed E-state index contributed by atoms with van der Waals surface area (Å²) in [5.41, 5.74) is 2.34. The minimum absolute atomic E-state index is 0.140. The van der Waals surface area contributed by atoms with Gasteiger partial charge in [-0.3, -0.25) is 0 Å². The van der Waals surface area contributed by atoms with Crippen molar-refractivity contribution in [2.75, 3.05) is 0 Å². The van der Waals surface area contributed by atoms with E-state index in [4.69, 9.17) is 5.11 Å². The Labute approximate surface area is 74.1 Å². The highest BCUT2D eigenvalue weighted by Crippen LogP contribution is 2.18. The molecule has 0 aliphatic rings. The van der Waals surface area contributed by atoms with Gasteiger partial charge in [-0.25, -0.2) is 0 Å². The Bertz CT molecular complexity index is 225. The maximum atomic E-state index is 8.82. The predicted octanol–water partition coefficient (Wildman–Crippen LogP) is 2.69. The topological polar surface area (TPSA) is 20.2 Å². The predicted molar refractivity (Wildman–Crippen MR) is 51.1 cm³/mol. The van der Waals surface area contributed by atoms with Gasteiger partial charge in [-0.1, -0.05) is 38.1 Å². The van der Waals surface area contributed by atoms with Crippen molar-refractivity contribution >= 4 is 0 Å². The molecule has 0 saturated heterocycles. The minimum Gasteiger partial charge on any atom is -0.392 e. The van der Waals surface area contributed by atoms with Crippen LogP contribution in [-0.2, 0) is 6.61 Å². The molecule has 1 aromatic carbocycles. The van der Waals surface area contributed by atoms with Gasteiger partial charge in [-0.2, -0.15) is 0 Å². The Hall–Kier alpha value is -0.820. The molecule has 0 amide bonds. The smallest absolute Gasteiger partial charge is 0.0681 e. The van der Waals surface area contributed by atoms with Crippen LogP contribution in [-0.4, -0.2) is 5.11 Å². The van der Waals surface area contributed by atoms with Crippen molar-refractivity contribution in [1.82, 2.24) is 0 Å². The van der Waals surface area contributed by atoms with E-state index in [1.165, 1.54) is 12.0 Å². The van der Waals surface area contributed by atoms with Gasteiger partial charge in [0.2, 0.25) is 0 Å². The molecule has 0 fully saturated rings. The molecule has 0 saturated carbocycles. The summed E-state index contributed by atoms with van der Waals surface area (Å²) in [4.78, 5) is 0. The molecule has 0 aromatic heterocycles. The average molecular weight is 164 g/mol. The molecule has 12 heavy (non-hydrogen) atoms. The van der Waals surface area contributed by atoms with Gasteiger partial charge in [-0.15, -0.1) is 0 Å². The van der Waals surface area contributed by atoms with Crippen LogP contribution >= 0.6 is 0 Å². The van der Waals surface area contributed by atoms with Gasteiger partial charge in [0.1, 0.15) is 0 Å². The molecule has 0 heterocycles. The van der Waals surface area contributed by atoms with E-state index in [1.807, 2.05) is 12.1 Å². The summed E-state index contributed by atoms with van der Waals surface area (Å²) in [6.45, 7) is 4.54. The largest absolute Gasteiger partial charge is 0.392 e. The van der Waals surface area contributed by atoms with Crippen molar-refractivity contribution < 1.29 is 5.11 Å². The van der Waals surface area contributed by atoms with Crippen LogP contribution in [0.15, 0.2) is 24.3 Å². The highest BCUT2D eigenvalue weighted by atomic mass is 16.3. The summed E-state index contributed by atoms with van der Waals surface area (Å²) >= 11 is 0. The first kappa shape index (κ1) is 9.27. The van der Waals surface area contributed by atoms with E-state index in [1.54, 1.807) is 0 Å². The third-order valence-electron chi connectivity index (χ3n) is 2.34. The fraction of sp³-hybridized carbons (Fsp3) is 0.455. The normalized spacial score (nSPS) is 12.9. The zero-order valence-corrected chi connectivity index (χ0v) is 7.75. The molecule has 0 bridgehead atoms. The molecule has 0 aliphatic carbocycles. The van der Waals surface area contributed by atoms with Gasteiger partial charge in [0, 0.05) is 0 Å². The molecule has 1 atom stereocenters. The van der Waals surface area contributed by atoms with Crippen LogP contribution in [0.3, 0.4) is 0 Å². The lowest BCUT2D eigenvalue weighted by Crippen LogP contribution is -1.91. The van der Waals surface area contributed by atoms with Crippen LogP contribution in [0.5, 0.6) is 0 Å². The second-order valence-electron chi connectivity index (χ2n) is 3.21. The van der Waals surface area contributed by atoms with Gasteiger partial charge in [0.25, 0.3) is 0 Å². The van der Waals surface area contributed by atoms with Gasteiger partial charge < -0.3 is 5.11 Å². The second kappa shape index (κ2) is 4.27. The lowest BCUT2D eigenvalue weighted by atomic mass is 9.98. The van der Waals surface area contributed by atoms with E-state index in [0.717, 1.165) is 5.56 Å². The standard InChI is InChI=1S/C11H16O/c1-3-9(2)11-6-4-10(8-12)5-7-11/h4-7,9,12H,3,8H2,1-2H3/t9-/m0/s1. The molecule has 1 nitrogen and oxygen atoms in total. The Balaban J connectivity index is 2.77.